The summed E-state index contributed by atoms with van der Waals surface area (Å²) in [5.74, 6) is -0.134. The maximum Gasteiger partial charge on any atom is 0.270 e. The zero-order chi connectivity index (χ0) is 13.0. The normalized spacial score (nSPS) is 14.2. The van der Waals surface area contributed by atoms with Crippen LogP contribution in [0.2, 0.25) is 0 Å². The summed E-state index contributed by atoms with van der Waals surface area (Å²) in [5, 5.41) is 2.90. The number of carbonyl (C=O) groups excluding carboxylic acids is 1. The van der Waals surface area contributed by atoms with Crippen LogP contribution in [0.25, 0.3) is 0 Å². The highest BCUT2D eigenvalue weighted by Crippen LogP contribution is 2.05. The molecule has 0 spiro atoms. The molecule has 3 N–H and O–H groups in total. The molecule has 0 aliphatic rings. The SMILES string of the molecule is Cc1cc(C)nc(C(=O)NC(C)CC(C)N)c1. The lowest BCUT2D eigenvalue weighted by molar-refractivity contribution is 0.0932. The average Bonchev–Trinajstić information content (AvgIpc) is 2.14. The molecule has 1 aromatic rings. The Labute approximate surface area is 103 Å². The standard InChI is InChI=1S/C13H21N3O/c1-8-5-10(3)15-12(6-8)13(17)16-11(4)7-9(2)14/h5-6,9,11H,7,14H2,1-4H3,(H,16,17). The highest BCUT2D eigenvalue weighted by molar-refractivity contribution is 5.92. The van der Waals surface area contributed by atoms with Crippen molar-refractivity contribution >= 4 is 5.91 Å². The summed E-state index contributed by atoms with van der Waals surface area (Å²) >= 11 is 0. The molecule has 0 saturated carbocycles. The van der Waals surface area contributed by atoms with Gasteiger partial charge in [-0.05, 0) is 51.8 Å². The Morgan fingerprint density at radius 2 is 2.06 bits per heavy atom. The Balaban J connectivity index is 2.69. The summed E-state index contributed by atoms with van der Waals surface area (Å²) in [6.07, 6.45) is 0.760. The van der Waals surface area contributed by atoms with E-state index in [-0.39, 0.29) is 18.0 Å². The van der Waals surface area contributed by atoms with Crippen molar-refractivity contribution in [2.75, 3.05) is 0 Å². The molecule has 0 bridgehead atoms. The molecular weight excluding hydrogens is 214 g/mol. The number of amides is 1. The van der Waals surface area contributed by atoms with Gasteiger partial charge in [-0.25, -0.2) is 4.98 Å². The van der Waals surface area contributed by atoms with Gasteiger partial charge >= 0.3 is 0 Å². The first-order valence-electron chi connectivity index (χ1n) is 5.90. The van der Waals surface area contributed by atoms with E-state index in [4.69, 9.17) is 5.73 Å². The van der Waals surface area contributed by atoms with Gasteiger partial charge in [0.25, 0.3) is 5.91 Å². The van der Waals surface area contributed by atoms with Crippen molar-refractivity contribution in [1.29, 1.82) is 0 Å². The van der Waals surface area contributed by atoms with E-state index < -0.39 is 0 Å². The minimum atomic E-state index is -0.134. The Morgan fingerprint density at radius 3 is 2.59 bits per heavy atom. The van der Waals surface area contributed by atoms with Gasteiger partial charge in [0.05, 0.1) is 0 Å². The van der Waals surface area contributed by atoms with Crippen molar-refractivity contribution in [1.82, 2.24) is 10.3 Å². The molecule has 0 fully saturated rings. The first-order valence-corrected chi connectivity index (χ1v) is 5.90. The van der Waals surface area contributed by atoms with Gasteiger partial charge in [-0.15, -0.1) is 0 Å². The number of nitrogens with one attached hydrogen (secondary N) is 1. The van der Waals surface area contributed by atoms with Crippen LogP contribution in [0.15, 0.2) is 12.1 Å². The molecule has 0 saturated heterocycles. The monoisotopic (exact) mass is 235 g/mol. The van der Waals surface area contributed by atoms with Crippen LogP contribution < -0.4 is 11.1 Å². The maximum atomic E-state index is 11.9. The molecule has 1 aromatic heterocycles. The van der Waals surface area contributed by atoms with Crippen molar-refractivity contribution < 1.29 is 4.79 Å². The number of hydrogen-bond donors (Lipinski definition) is 2. The third-order valence-electron chi connectivity index (χ3n) is 2.43. The van der Waals surface area contributed by atoms with Crippen LogP contribution in [-0.4, -0.2) is 23.0 Å². The van der Waals surface area contributed by atoms with Crippen molar-refractivity contribution in [2.45, 2.75) is 46.2 Å². The van der Waals surface area contributed by atoms with Crippen LogP contribution in [0, 0.1) is 13.8 Å². The predicted molar refractivity (Wildman–Crippen MR) is 68.9 cm³/mol. The quantitative estimate of drug-likeness (QED) is 0.832. The largest absolute Gasteiger partial charge is 0.348 e. The zero-order valence-corrected chi connectivity index (χ0v) is 10.9. The fourth-order valence-electron chi connectivity index (χ4n) is 1.87. The van der Waals surface area contributed by atoms with E-state index in [1.165, 1.54) is 0 Å². The van der Waals surface area contributed by atoms with Crippen LogP contribution in [0.4, 0.5) is 0 Å². The van der Waals surface area contributed by atoms with E-state index in [1.807, 2.05) is 33.8 Å². The van der Waals surface area contributed by atoms with Crippen LogP contribution in [0.5, 0.6) is 0 Å². The Bertz CT molecular complexity index is 381. The van der Waals surface area contributed by atoms with Crippen LogP contribution in [0.1, 0.15) is 42.0 Å². The number of pyridine rings is 1. The molecule has 4 nitrogen and oxygen atoms in total. The van der Waals surface area contributed by atoms with Gasteiger partial charge < -0.3 is 11.1 Å². The van der Waals surface area contributed by atoms with Gasteiger partial charge in [0.15, 0.2) is 0 Å². The molecule has 1 amide bonds. The lowest BCUT2D eigenvalue weighted by Crippen LogP contribution is -2.37. The lowest BCUT2D eigenvalue weighted by atomic mass is 10.1. The van der Waals surface area contributed by atoms with Gasteiger partial charge in [0.1, 0.15) is 5.69 Å². The molecule has 0 aliphatic heterocycles. The molecule has 94 valence electrons. The van der Waals surface area contributed by atoms with E-state index in [2.05, 4.69) is 10.3 Å². The summed E-state index contributed by atoms with van der Waals surface area (Å²) < 4.78 is 0. The topological polar surface area (TPSA) is 68.0 Å². The molecule has 1 heterocycles. The fraction of sp³-hybridized carbons (Fsp3) is 0.538. The smallest absolute Gasteiger partial charge is 0.270 e. The number of hydrogen-bond acceptors (Lipinski definition) is 3. The highest BCUT2D eigenvalue weighted by atomic mass is 16.1. The second kappa shape index (κ2) is 5.77. The zero-order valence-electron chi connectivity index (χ0n) is 10.9. The second-order valence-electron chi connectivity index (χ2n) is 4.76. The Morgan fingerprint density at radius 1 is 1.41 bits per heavy atom. The molecule has 2 atom stereocenters. The van der Waals surface area contributed by atoms with E-state index in [0.29, 0.717) is 5.69 Å². The first-order chi connectivity index (χ1) is 7.88. The minimum absolute atomic E-state index is 0.0603. The summed E-state index contributed by atoms with van der Waals surface area (Å²) in [6, 6.07) is 3.88. The maximum absolute atomic E-state index is 11.9. The van der Waals surface area contributed by atoms with E-state index in [1.54, 1.807) is 6.07 Å². The third kappa shape index (κ3) is 4.53. The van der Waals surface area contributed by atoms with Gasteiger partial charge in [0, 0.05) is 17.8 Å². The number of rotatable bonds is 4. The summed E-state index contributed by atoms with van der Waals surface area (Å²) in [7, 11) is 0. The molecule has 17 heavy (non-hydrogen) atoms. The Kier molecular flexibility index (Phi) is 4.63. The number of carbonyl (C=O) groups is 1. The number of nitrogens with two attached hydrogens (primary N) is 1. The van der Waals surface area contributed by atoms with Crippen LogP contribution in [0.3, 0.4) is 0 Å². The lowest BCUT2D eigenvalue weighted by Gasteiger charge is -2.15. The summed E-state index contributed by atoms with van der Waals surface area (Å²) in [4.78, 5) is 16.1. The third-order valence-corrected chi connectivity index (χ3v) is 2.43. The molecule has 0 aliphatic carbocycles. The number of nitrogens with zero attached hydrogens (tertiary/aromatic N) is 1. The van der Waals surface area contributed by atoms with Crippen molar-refractivity contribution in [3.8, 4) is 0 Å². The fourth-order valence-corrected chi connectivity index (χ4v) is 1.87. The average molecular weight is 235 g/mol. The first kappa shape index (κ1) is 13.6. The predicted octanol–water partition coefficient (Wildman–Crippen LogP) is 1.55. The summed E-state index contributed by atoms with van der Waals surface area (Å²) in [6.45, 7) is 7.72. The van der Waals surface area contributed by atoms with E-state index >= 15 is 0 Å². The van der Waals surface area contributed by atoms with Crippen molar-refractivity contribution in [3.05, 3.63) is 29.1 Å². The van der Waals surface area contributed by atoms with Crippen LogP contribution >= 0.6 is 0 Å². The summed E-state index contributed by atoms with van der Waals surface area (Å²) in [5.41, 5.74) is 8.06. The van der Waals surface area contributed by atoms with E-state index in [0.717, 1.165) is 17.7 Å². The van der Waals surface area contributed by atoms with E-state index in [9.17, 15) is 4.79 Å². The second-order valence-corrected chi connectivity index (χ2v) is 4.76. The molecule has 0 aromatic carbocycles. The van der Waals surface area contributed by atoms with Crippen molar-refractivity contribution in [3.63, 3.8) is 0 Å². The number of aryl methyl sites for hydroxylation is 2. The Hall–Kier alpha value is -1.42. The van der Waals surface area contributed by atoms with Crippen LogP contribution in [-0.2, 0) is 0 Å². The minimum Gasteiger partial charge on any atom is -0.348 e. The highest BCUT2D eigenvalue weighted by Gasteiger charge is 2.12. The van der Waals surface area contributed by atoms with Crippen molar-refractivity contribution in [2.24, 2.45) is 5.73 Å². The molecule has 0 radical (unpaired) electrons. The molecule has 1 rings (SSSR count). The molecular formula is C13H21N3O. The van der Waals surface area contributed by atoms with Gasteiger partial charge in [0.2, 0.25) is 0 Å². The van der Waals surface area contributed by atoms with Gasteiger partial charge in [-0.3, -0.25) is 4.79 Å². The van der Waals surface area contributed by atoms with Gasteiger partial charge in [-0.1, -0.05) is 0 Å². The molecule has 2 unspecified atom stereocenters. The molecule has 4 heteroatoms. The van der Waals surface area contributed by atoms with Gasteiger partial charge in [-0.2, -0.15) is 0 Å². The number of aromatic nitrogens is 1.